The van der Waals surface area contributed by atoms with Crippen molar-refractivity contribution in [3.05, 3.63) is 45.9 Å². The number of H-pyrrole nitrogens is 1. The molecule has 2 heterocycles. The minimum absolute atomic E-state index is 0.0155. The third-order valence-electron chi connectivity index (χ3n) is 6.93. The van der Waals surface area contributed by atoms with Crippen LogP contribution in [0.15, 0.2) is 39.3 Å². The van der Waals surface area contributed by atoms with Crippen molar-refractivity contribution in [2.45, 2.75) is 62.4 Å². The lowest BCUT2D eigenvalue weighted by molar-refractivity contribution is -0.129. The van der Waals surface area contributed by atoms with E-state index in [2.05, 4.69) is 20.2 Å². The zero-order valence-electron chi connectivity index (χ0n) is 21.1. The van der Waals surface area contributed by atoms with Crippen LogP contribution in [0.25, 0.3) is 10.9 Å². The first-order valence-electron chi connectivity index (χ1n) is 12.1. The van der Waals surface area contributed by atoms with Crippen LogP contribution < -0.4 is 21.2 Å². The highest BCUT2D eigenvalue weighted by atomic mass is 32.2. The Balaban J connectivity index is 1.92. The summed E-state index contributed by atoms with van der Waals surface area (Å²) in [4.78, 5) is 35.6. The average Bonchev–Trinajstić information content (AvgIpc) is 3.56. The number of hydrogen-bond acceptors (Lipinski definition) is 7. The van der Waals surface area contributed by atoms with Crippen molar-refractivity contribution >= 4 is 26.8 Å². The highest BCUT2D eigenvalue weighted by Crippen LogP contribution is 2.37. The van der Waals surface area contributed by atoms with E-state index in [0.29, 0.717) is 31.4 Å². The molecule has 11 nitrogen and oxygen atoms in total. The van der Waals surface area contributed by atoms with E-state index in [-0.39, 0.29) is 39.8 Å². The number of aromatic nitrogens is 2. The molecule has 0 bridgehead atoms. The fourth-order valence-electron chi connectivity index (χ4n) is 4.63. The summed E-state index contributed by atoms with van der Waals surface area (Å²) >= 11 is 0. The van der Waals surface area contributed by atoms with Gasteiger partial charge in [0.1, 0.15) is 7.11 Å². The van der Waals surface area contributed by atoms with Gasteiger partial charge in [0, 0.05) is 39.1 Å². The number of benzene rings is 1. The Hall–Kier alpha value is -3.12. The summed E-state index contributed by atoms with van der Waals surface area (Å²) in [7, 11) is -0.704. The van der Waals surface area contributed by atoms with Crippen molar-refractivity contribution in [1.82, 2.24) is 24.5 Å². The number of allylic oxidation sites excluding steroid dienone is 1. The average molecular weight is 519 g/mol. The molecular weight excluding hydrogens is 484 g/mol. The second-order valence-corrected chi connectivity index (χ2v) is 11.4. The predicted octanol–water partition coefficient (Wildman–Crippen LogP) is 1.08. The Labute approximate surface area is 210 Å². The van der Waals surface area contributed by atoms with Crippen molar-refractivity contribution in [2.75, 3.05) is 27.2 Å². The molecule has 0 spiro atoms. The van der Waals surface area contributed by atoms with Gasteiger partial charge in [0.25, 0.3) is 5.56 Å². The summed E-state index contributed by atoms with van der Waals surface area (Å²) < 4.78 is 30.9. The molecule has 0 radical (unpaired) electrons. The van der Waals surface area contributed by atoms with Crippen LogP contribution in [0.3, 0.4) is 0 Å². The van der Waals surface area contributed by atoms with Crippen molar-refractivity contribution in [3.8, 4) is 0 Å². The summed E-state index contributed by atoms with van der Waals surface area (Å²) in [6.07, 6.45) is 6.31. The van der Waals surface area contributed by atoms with Crippen molar-refractivity contribution < 1.29 is 18.0 Å². The molecule has 1 amide bonds. The van der Waals surface area contributed by atoms with E-state index >= 15 is 0 Å². The second-order valence-electron chi connectivity index (χ2n) is 9.71. The third-order valence-corrected chi connectivity index (χ3v) is 8.55. The van der Waals surface area contributed by atoms with Crippen LogP contribution in [-0.4, -0.2) is 61.6 Å². The Morgan fingerprint density at radius 2 is 2.00 bits per heavy atom. The number of nitrogens with zero attached hydrogens (tertiary/aromatic N) is 3. The SMILES string of the molecule is CN/C=C/Cn1c(=O)c2cc(S(=O)(=O)NC3(C)CC3)cc(C3CCN(C(C)=O)CC3)c2[nH]/c1=N\OC. The number of piperidine rings is 1. The van der Waals surface area contributed by atoms with Crippen LogP contribution >= 0.6 is 0 Å². The van der Waals surface area contributed by atoms with Crippen molar-refractivity contribution in [1.29, 1.82) is 0 Å². The largest absolute Gasteiger partial charge is 0.396 e. The van der Waals surface area contributed by atoms with E-state index < -0.39 is 15.6 Å². The van der Waals surface area contributed by atoms with E-state index in [1.165, 1.54) is 17.7 Å². The van der Waals surface area contributed by atoms with Crippen LogP contribution in [-0.2, 0) is 26.2 Å². The van der Waals surface area contributed by atoms with E-state index in [0.717, 1.165) is 18.4 Å². The molecule has 1 saturated heterocycles. The number of carbonyl (C=O) groups is 1. The van der Waals surface area contributed by atoms with E-state index in [9.17, 15) is 18.0 Å². The number of aromatic amines is 1. The normalized spacial score (nSPS) is 18.7. The number of amides is 1. The maximum Gasteiger partial charge on any atom is 0.263 e. The number of rotatable bonds is 8. The molecule has 1 aliphatic carbocycles. The summed E-state index contributed by atoms with van der Waals surface area (Å²) in [5, 5.41) is 7.16. The zero-order valence-corrected chi connectivity index (χ0v) is 21.9. The fraction of sp³-hybridized carbons (Fsp3) is 0.542. The number of nitrogens with one attached hydrogen (secondary N) is 3. The molecule has 1 saturated carbocycles. The van der Waals surface area contributed by atoms with E-state index in [4.69, 9.17) is 4.84 Å². The topological polar surface area (TPSA) is 138 Å². The molecule has 196 valence electrons. The lowest BCUT2D eigenvalue weighted by Gasteiger charge is -2.32. The van der Waals surface area contributed by atoms with Gasteiger partial charge in [-0.1, -0.05) is 0 Å². The van der Waals surface area contributed by atoms with Crippen LogP contribution in [0.4, 0.5) is 0 Å². The number of hydrogen-bond donors (Lipinski definition) is 3. The van der Waals surface area contributed by atoms with Gasteiger partial charge >= 0.3 is 0 Å². The minimum Gasteiger partial charge on any atom is -0.396 e. The Bertz CT molecular complexity index is 1410. The molecule has 1 aliphatic heterocycles. The first kappa shape index (κ1) is 26.0. The molecule has 3 N–H and O–H groups in total. The Kier molecular flexibility index (Phi) is 7.28. The van der Waals surface area contributed by atoms with E-state index in [1.807, 2.05) is 6.92 Å². The monoisotopic (exact) mass is 518 g/mol. The molecule has 4 rings (SSSR count). The van der Waals surface area contributed by atoms with Gasteiger partial charge in [0.2, 0.25) is 21.5 Å². The molecule has 2 fully saturated rings. The standard InChI is InChI=1S/C24H34N6O5S/c1-16(31)29-12-6-17(7-13-29)19-14-18(36(33,34)28-24(2)8-9-24)15-20-21(19)26-23(27-35-4)30(22(20)32)11-5-10-25-3/h5,10,14-15,17,25,28H,6-9,11-13H2,1-4H3,(H,26,27)/b10-5+. The molecule has 36 heavy (non-hydrogen) atoms. The summed E-state index contributed by atoms with van der Waals surface area (Å²) in [5.74, 6) is -0.0254. The molecule has 0 unspecified atom stereocenters. The molecule has 2 aromatic rings. The first-order valence-corrected chi connectivity index (χ1v) is 13.6. The van der Waals surface area contributed by atoms with Gasteiger partial charge in [-0.3, -0.25) is 14.2 Å². The van der Waals surface area contributed by atoms with Gasteiger partial charge in [0.05, 0.1) is 15.8 Å². The maximum atomic E-state index is 13.7. The van der Waals surface area contributed by atoms with Crippen LogP contribution in [0.5, 0.6) is 0 Å². The van der Waals surface area contributed by atoms with Gasteiger partial charge in [-0.2, -0.15) is 0 Å². The molecule has 0 atom stereocenters. The number of fused-ring (bicyclic) bond motifs is 1. The quantitative estimate of drug-likeness (QED) is 0.447. The third kappa shape index (κ3) is 5.34. The predicted molar refractivity (Wildman–Crippen MR) is 136 cm³/mol. The van der Waals surface area contributed by atoms with Crippen LogP contribution in [0, 0.1) is 0 Å². The number of carbonyl (C=O) groups excluding carboxylic acids is 1. The van der Waals surface area contributed by atoms with Gasteiger partial charge in [-0.25, -0.2) is 13.1 Å². The zero-order chi connectivity index (χ0) is 26.1. The molecule has 2 aliphatic rings. The molecule has 1 aromatic carbocycles. The van der Waals surface area contributed by atoms with Gasteiger partial charge in [-0.15, -0.1) is 0 Å². The lowest BCUT2D eigenvalue weighted by Crippen LogP contribution is -2.38. The van der Waals surface area contributed by atoms with Crippen molar-refractivity contribution in [3.63, 3.8) is 0 Å². The number of sulfonamides is 1. The second kappa shape index (κ2) is 10.1. The summed E-state index contributed by atoms with van der Waals surface area (Å²) in [6.45, 7) is 4.75. The molecular formula is C24H34N6O5S. The first-order chi connectivity index (χ1) is 17.1. The van der Waals surface area contributed by atoms with Crippen molar-refractivity contribution in [2.24, 2.45) is 5.16 Å². The maximum absolute atomic E-state index is 13.7. The van der Waals surface area contributed by atoms with Gasteiger partial charge in [0.15, 0.2) is 0 Å². The van der Waals surface area contributed by atoms with Crippen LogP contribution in [0.2, 0.25) is 0 Å². The highest BCUT2D eigenvalue weighted by Gasteiger charge is 2.41. The summed E-state index contributed by atoms with van der Waals surface area (Å²) in [6, 6.07) is 3.09. The highest BCUT2D eigenvalue weighted by molar-refractivity contribution is 7.89. The number of likely N-dealkylation sites (tertiary alicyclic amines) is 1. The van der Waals surface area contributed by atoms with Gasteiger partial charge < -0.3 is 20.0 Å². The Morgan fingerprint density at radius 1 is 1.31 bits per heavy atom. The van der Waals surface area contributed by atoms with E-state index in [1.54, 1.807) is 37.2 Å². The summed E-state index contributed by atoms with van der Waals surface area (Å²) in [5.41, 5.74) is 0.642. The molecule has 1 aromatic heterocycles. The Morgan fingerprint density at radius 3 is 2.58 bits per heavy atom. The van der Waals surface area contributed by atoms with Crippen LogP contribution in [0.1, 0.15) is 51.0 Å². The van der Waals surface area contributed by atoms with Gasteiger partial charge in [-0.05, 0) is 73.7 Å². The fourth-order valence-corrected chi connectivity index (χ4v) is 6.15. The lowest BCUT2D eigenvalue weighted by atomic mass is 9.88. The smallest absolute Gasteiger partial charge is 0.263 e. The molecule has 12 heteroatoms. The minimum atomic E-state index is -3.85.